The largest absolute Gasteiger partial charge is 0.333 e. The number of imidazole rings is 1. The molecule has 1 atom stereocenters. The Kier molecular flexibility index (Phi) is 4.80. The van der Waals surface area contributed by atoms with Gasteiger partial charge in [-0.15, -0.1) is 0 Å². The molecule has 7 heteroatoms. The van der Waals surface area contributed by atoms with Gasteiger partial charge in [-0.2, -0.15) is 0 Å². The topological polar surface area (TPSA) is 57.8 Å². The van der Waals surface area contributed by atoms with E-state index in [-0.39, 0.29) is 11.2 Å². The van der Waals surface area contributed by atoms with Crippen LogP contribution in [0, 0.1) is 0 Å². The second-order valence-electron chi connectivity index (χ2n) is 4.96. The lowest BCUT2D eigenvalue weighted by Gasteiger charge is -2.10. The number of halogens is 2. The maximum Gasteiger partial charge on any atom is 0.237 e. The monoisotopic (exact) mass is 365 g/mol. The van der Waals surface area contributed by atoms with Crippen molar-refractivity contribution >= 4 is 57.6 Å². The predicted molar refractivity (Wildman–Crippen MR) is 96.5 cm³/mol. The number of hydrogen-bond donors (Lipinski definition) is 2. The molecule has 0 aliphatic carbocycles. The van der Waals surface area contributed by atoms with Gasteiger partial charge >= 0.3 is 0 Å². The van der Waals surface area contributed by atoms with Crippen LogP contribution in [-0.2, 0) is 4.79 Å². The molecule has 0 saturated carbocycles. The van der Waals surface area contributed by atoms with Gasteiger partial charge in [0.25, 0.3) is 0 Å². The highest BCUT2D eigenvalue weighted by molar-refractivity contribution is 8.00. The molecule has 0 bridgehead atoms. The van der Waals surface area contributed by atoms with Gasteiger partial charge < -0.3 is 10.3 Å². The fourth-order valence-corrected chi connectivity index (χ4v) is 3.23. The minimum atomic E-state index is -0.315. The van der Waals surface area contributed by atoms with E-state index in [1.807, 2.05) is 19.1 Å². The molecule has 2 N–H and O–H groups in total. The summed E-state index contributed by atoms with van der Waals surface area (Å²) in [6, 6.07) is 12.5. The number of rotatable bonds is 4. The lowest BCUT2D eigenvalue weighted by Crippen LogP contribution is -2.22. The van der Waals surface area contributed by atoms with Gasteiger partial charge in [-0.25, -0.2) is 4.98 Å². The Balaban J connectivity index is 1.69. The number of carbonyl (C=O) groups excluding carboxylic acids is 1. The molecular weight excluding hydrogens is 353 g/mol. The van der Waals surface area contributed by atoms with Crippen LogP contribution in [-0.4, -0.2) is 21.1 Å². The zero-order valence-corrected chi connectivity index (χ0v) is 14.5. The molecule has 0 saturated heterocycles. The summed E-state index contributed by atoms with van der Waals surface area (Å²) in [5, 5.41) is 4.42. The van der Waals surface area contributed by atoms with E-state index in [0.717, 1.165) is 11.0 Å². The van der Waals surface area contributed by atoms with Crippen LogP contribution in [0.4, 0.5) is 5.69 Å². The summed E-state index contributed by atoms with van der Waals surface area (Å²) >= 11 is 13.2. The van der Waals surface area contributed by atoms with Gasteiger partial charge in [0.15, 0.2) is 5.16 Å². The number of aromatic amines is 1. The molecule has 3 rings (SSSR count). The van der Waals surface area contributed by atoms with Crippen molar-refractivity contribution in [2.75, 3.05) is 5.32 Å². The maximum absolute atomic E-state index is 12.3. The van der Waals surface area contributed by atoms with E-state index in [0.29, 0.717) is 20.9 Å². The highest BCUT2D eigenvalue weighted by Gasteiger charge is 2.17. The maximum atomic E-state index is 12.3. The molecule has 3 aromatic rings. The smallest absolute Gasteiger partial charge is 0.237 e. The predicted octanol–water partition coefficient (Wildman–Crippen LogP) is 4.99. The van der Waals surface area contributed by atoms with Gasteiger partial charge in [-0.05, 0) is 43.3 Å². The van der Waals surface area contributed by atoms with Crippen molar-refractivity contribution in [2.24, 2.45) is 0 Å². The Hall–Kier alpha value is -1.69. The summed E-state index contributed by atoms with van der Waals surface area (Å²) in [4.78, 5) is 19.9. The third-order valence-electron chi connectivity index (χ3n) is 3.17. The molecule has 0 unspecified atom stereocenters. The van der Waals surface area contributed by atoms with Gasteiger partial charge in [-0.1, -0.05) is 41.0 Å². The Morgan fingerprint density at radius 2 is 2.00 bits per heavy atom. The molecule has 0 radical (unpaired) electrons. The molecule has 4 nitrogen and oxygen atoms in total. The number of H-pyrrole nitrogens is 1. The van der Waals surface area contributed by atoms with Crippen molar-refractivity contribution < 1.29 is 4.79 Å². The molecule has 1 aromatic heterocycles. The molecule has 0 aliphatic rings. The summed E-state index contributed by atoms with van der Waals surface area (Å²) in [6.07, 6.45) is 0. The summed E-state index contributed by atoms with van der Waals surface area (Å²) in [7, 11) is 0. The van der Waals surface area contributed by atoms with Gasteiger partial charge in [0.05, 0.1) is 16.3 Å². The normalized spacial score (nSPS) is 12.3. The lowest BCUT2D eigenvalue weighted by atomic mass is 10.3. The van der Waals surface area contributed by atoms with E-state index < -0.39 is 0 Å². The molecule has 23 heavy (non-hydrogen) atoms. The number of aromatic nitrogens is 2. The zero-order chi connectivity index (χ0) is 16.4. The van der Waals surface area contributed by atoms with Gasteiger partial charge in [-0.3, -0.25) is 4.79 Å². The lowest BCUT2D eigenvalue weighted by molar-refractivity contribution is -0.115. The zero-order valence-electron chi connectivity index (χ0n) is 12.1. The number of hydrogen-bond acceptors (Lipinski definition) is 3. The summed E-state index contributed by atoms with van der Waals surface area (Å²) in [6.45, 7) is 1.82. The van der Waals surface area contributed by atoms with E-state index >= 15 is 0 Å². The molecule has 0 spiro atoms. The number of benzene rings is 2. The van der Waals surface area contributed by atoms with E-state index in [1.165, 1.54) is 11.8 Å². The highest BCUT2D eigenvalue weighted by Crippen LogP contribution is 2.26. The molecule has 2 aromatic carbocycles. The molecule has 1 heterocycles. The first kappa shape index (κ1) is 16.2. The van der Waals surface area contributed by atoms with Gasteiger partial charge in [0.2, 0.25) is 5.91 Å². The average Bonchev–Trinajstić information content (AvgIpc) is 2.88. The van der Waals surface area contributed by atoms with Crippen LogP contribution in [0.5, 0.6) is 0 Å². The molecular formula is C16H13Cl2N3OS. The van der Waals surface area contributed by atoms with Crippen LogP contribution < -0.4 is 5.32 Å². The summed E-state index contributed by atoms with van der Waals surface area (Å²) in [5.41, 5.74) is 2.34. The molecule has 0 aliphatic heterocycles. The summed E-state index contributed by atoms with van der Waals surface area (Å²) < 4.78 is 0. The summed E-state index contributed by atoms with van der Waals surface area (Å²) in [5.74, 6) is -0.115. The Labute approximate surface area is 147 Å². The van der Waals surface area contributed by atoms with E-state index in [9.17, 15) is 4.79 Å². The Morgan fingerprint density at radius 3 is 2.78 bits per heavy atom. The van der Waals surface area contributed by atoms with Crippen molar-refractivity contribution in [2.45, 2.75) is 17.3 Å². The number of nitrogens with one attached hydrogen (secondary N) is 2. The van der Waals surface area contributed by atoms with Crippen molar-refractivity contribution in [3.05, 3.63) is 52.5 Å². The fourth-order valence-electron chi connectivity index (χ4n) is 2.05. The average molecular weight is 366 g/mol. The number of thioether (sulfide) groups is 1. The first-order valence-electron chi connectivity index (χ1n) is 6.89. The van der Waals surface area contributed by atoms with Crippen molar-refractivity contribution in [1.82, 2.24) is 9.97 Å². The third-order valence-corrected chi connectivity index (χ3v) is 4.63. The second kappa shape index (κ2) is 6.83. The minimum Gasteiger partial charge on any atom is -0.333 e. The van der Waals surface area contributed by atoms with Crippen LogP contribution in [0.3, 0.4) is 0 Å². The van der Waals surface area contributed by atoms with Crippen LogP contribution in [0.25, 0.3) is 11.0 Å². The number of carbonyl (C=O) groups is 1. The van der Waals surface area contributed by atoms with Crippen molar-refractivity contribution in [3.63, 3.8) is 0 Å². The molecule has 0 fully saturated rings. The van der Waals surface area contributed by atoms with Crippen LogP contribution in [0.15, 0.2) is 47.6 Å². The number of anilines is 1. The van der Waals surface area contributed by atoms with E-state index in [1.54, 1.807) is 30.3 Å². The third kappa shape index (κ3) is 3.99. The van der Waals surface area contributed by atoms with Crippen LogP contribution in [0.1, 0.15) is 6.92 Å². The molecule has 1 amide bonds. The van der Waals surface area contributed by atoms with Crippen LogP contribution >= 0.6 is 35.0 Å². The fraction of sp³-hybridized carbons (Fsp3) is 0.125. The van der Waals surface area contributed by atoms with Gasteiger partial charge in [0.1, 0.15) is 0 Å². The van der Waals surface area contributed by atoms with Crippen molar-refractivity contribution in [3.8, 4) is 0 Å². The molecule has 118 valence electrons. The Morgan fingerprint density at radius 1 is 1.22 bits per heavy atom. The highest BCUT2D eigenvalue weighted by atomic mass is 35.5. The van der Waals surface area contributed by atoms with Crippen LogP contribution in [0.2, 0.25) is 10.0 Å². The van der Waals surface area contributed by atoms with E-state index in [2.05, 4.69) is 15.3 Å². The SMILES string of the molecule is C[C@H](Sc1nc2ccc(Cl)cc2[nH]1)C(=O)Nc1cccc(Cl)c1. The van der Waals surface area contributed by atoms with Gasteiger partial charge in [0, 0.05) is 15.7 Å². The number of fused-ring (bicyclic) bond motifs is 1. The van der Waals surface area contributed by atoms with Crippen molar-refractivity contribution in [1.29, 1.82) is 0 Å². The second-order valence-corrected chi connectivity index (χ2v) is 7.17. The number of nitrogens with zero attached hydrogens (tertiary/aromatic N) is 1. The minimum absolute atomic E-state index is 0.115. The first-order chi connectivity index (χ1) is 11.0. The van der Waals surface area contributed by atoms with E-state index in [4.69, 9.17) is 23.2 Å². The number of amides is 1. The quantitative estimate of drug-likeness (QED) is 0.640. The Bertz CT molecular complexity index is 865. The standard InChI is InChI=1S/C16H13Cl2N3OS/c1-9(15(22)19-12-4-2-3-10(17)7-12)23-16-20-13-6-5-11(18)8-14(13)21-16/h2-9H,1H3,(H,19,22)(H,20,21)/t9-/m0/s1. The first-order valence-corrected chi connectivity index (χ1v) is 8.53.